The maximum absolute atomic E-state index is 2.46. The van der Waals surface area contributed by atoms with Crippen molar-refractivity contribution in [2.75, 3.05) is 0 Å². The van der Waals surface area contributed by atoms with Crippen molar-refractivity contribution in [1.29, 1.82) is 0 Å². The van der Waals surface area contributed by atoms with Crippen molar-refractivity contribution >= 4 is 65.4 Å². The third kappa shape index (κ3) is 4.08. The molecule has 0 saturated heterocycles. The van der Waals surface area contributed by atoms with Gasteiger partial charge in [-0.15, -0.1) is 0 Å². The molecule has 0 bridgehead atoms. The summed E-state index contributed by atoms with van der Waals surface area (Å²) < 4.78 is 7.32. The summed E-state index contributed by atoms with van der Waals surface area (Å²) in [6.07, 6.45) is 0. The molecule has 0 aliphatic carbocycles. The van der Waals surface area contributed by atoms with E-state index in [2.05, 4.69) is 203 Å². The smallest absolute Gasteiger partial charge is 0.0543 e. The Morgan fingerprint density at radius 3 is 1.25 bits per heavy atom. The fourth-order valence-corrected chi connectivity index (χ4v) is 8.69. The molecular formula is C49H33N3. The van der Waals surface area contributed by atoms with Crippen LogP contribution >= 0.6 is 0 Å². The number of para-hydroxylation sites is 6. The molecule has 0 fully saturated rings. The summed E-state index contributed by atoms with van der Waals surface area (Å²) in [7, 11) is 0. The van der Waals surface area contributed by atoms with Crippen molar-refractivity contribution in [2.45, 2.75) is 6.92 Å². The van der Waals surface area contributed by atoms with Crippen LogP contribution in [0.25, 0.3) is 93.6 Å². The highest BCUT2D eigenvalue weighted by atomic mass is 15.0. The summed E-state index contributed by atoms with van der Waals surface area (Å²) >= 11 is 0. The van der Waals surface area contributed by atoms with Crippen LogP contribution in [0, 0.1) is 6.92 Å². The number of benzene rings is 8. The van der Waals surface area contributed by atoms with Gasteiger partial charge in [0, 0.05) is 49.1 Å². The van der Waals surface area contributed by atoms with E-state index in [0.29, 0.717) is 0 Å². The molecule has 3 nitrogen and oxygen atoms in total. The molecule has 0 amide bonds. The number of hydrogen-bond donors (Lipinski definition) is 0. The number of aromatic nitrogens is 3. The molecular weight excluding hydrogens is 631 g/mol. The second-order valence-corrected chi connectivity index (χ2v) is 13.8. The van der Waals surface area contributed by atoms with Crippen molar-refractivity contribution in [3.05, 3.63) is 188 Å². The minimum absolute atomic E-state index is 1.16. The van der Waals surface area contributed by atoms with Gasteiger partial charge >= 0.3 is 0 Å². The van der Waals surface area contributed by atoms with Crippen LogP contribution in [0.2, 0.25) is 0 Å². The van der Waals surface area contributed by atoms with Gasteiger partial charge in [-0.2, -0.15) is 0 Å². The first-order valence-electron chi connectivity index (χ1n) is 18.0. The highest BCUT2D eigenvalue weighted by Crippen LogP contribution is 2.42. The van der Waals surface area contributed by atoms with Crippen molar-refractivity contribution < 1.29 is 0 Å². The molecule has 3 heterocycles. The average molecular weight is 664 g/mol. The van der Waals surface area contributed by atoms with Gasteiger partial charge in [-0.1, -0.05) is 121 Å². The van der Waals surface area contributed by atoms with Crippen molar-refractivity contribution in [3.8, 4) is 28.2 Å². The molecule has 0 radical (unpaired) electrons. The van der Waals surface area contributed by atoms with E-state index in [1.165, 1.54) is 87.8 Å². The predicted molar refractivity (Wildman–Crippen MR) is 220 cm³/mol. The van der Waals surface area contributed by atoms with Gasteiger partial charge in [0.15, 0.2) is 0 Å². The Morgan fingerprint density at radius 2 is 0.692 bits per heavy atom. The Kier molecular flexibility index (Phi) is 6.17. The van der Waals surface area contributed by atoms with E-state index in [-0.39, 0.29) is 0 Å². The Hall–Kier alpha value is -6.84. The number of aryl methyl sites for hydroxylation is 1. The third-order valence-corrected chi connectivity index (χ3v) is 10.9. The second-order valence-electron chi connectivity index (χ2n) is 13.8. The van der Waals surface area contributed by atoms with Gasteiger partial charge in [0.05, 0.1) is 44.5 Å². The van der Waals surface area contributed by atoms with Crippen LogP contribution in [0.3, 0.4) is 0 Å². The SMILES string of the molecule is Cc1ccc2c3ccccc3n(-c3ccccc3-c3ccccc3-n3c4ccccc4c4cc(-n5c6ccccc6c6ccccc65)ccc43)c2c1. The number of nitrogens with zero attached hydrogens (tertiary/aromatic N) is 3. The van der Waals surface area contributed by atoms with E-state index in [1.54, 1.807) is 0 Å². The van der Waals surface area contributed by atoms with Gasteiger partial charge in [-0.25, -0.2) is 0 Å². The topological polar surface area (TPSA) is 14.8 Å². The number of rotatable bonds is 4. The third-order valence-electron chi connectivity index (χ3n) is 10.9. The Morgan fingerprint density at radius 1 is 0.288 bits per heavy atom. The van der Waals surface area contributed by atoms with Gasteiger partial charge < -0.3 is 13.7 Å². The Labute approximate surface area is 300 Å². The van der Waals surface area contributed by atoms with Gasteiger partial charge in [0.25, 0.3) is 0 Å². The van der Waals surface area contributed by atoms with E-state index in [0.717, 1.165) is 11.4 Å². The van der Waals surface area contributed by atoms with Crippen LogP contribution in [-0.2, 0) is 0 Å². The maximum atomic E-state index is 2.46. The largest absolute Gasteiger partial charge is 0.309 e. The lowest BCUT2D eigenvalue weighted by molar-refractivity contribution is 1.15. The quantitative estimate of drug-likeness (QED) is 0.178. The van der Waals surface area contributed by atoms with Gasteiger partial charge in [-0.05, 0) is 73.2 Å². The molecule has 3 heteroatoms. The van der Waals surface area contributed by atoms with Crippen molar-refractivity contribution in [3.63, 3.8) is 0 Å². The van der Waals surface area contributed by atoms with Crippen LogP contribution in [-0.4, -0.2) is 13.7 Å². The van der Waals surface area contributed by atoms with E-state index >= 15 is 0 Å². The average Bonchev–Trinajstić information content (AvgIpc) is 3.83. The number of hydrogen-bond acceptors (Lipinski definition) is 0. The normalized spacial score (nSPS) is 11.9. The summed E-state index contributed by atoms with van der Waals surface area (Å²) in [4.78, 5) is 0. The Bertz CT molecular complexity index is 3150. The molecule has 11 rings (SSSR count). The molecule has 0 aliphatic rings. The zero-order valence-electron chi connectivity index (χ0n) is 28.7. The molecule has 0 spiro atoms. The van der Waals surface area contributed by atoms with Crippen LogP contribution < -0.4 is 0 Å². The van der Waals surface area contributed by atoms with Gasteiger partial charge in [0.2, 0.25) is 0 Å². The molecule has 244 valence electrons. The molecule has 0 unspecified atom stereocenters. The first kappa shape index (κ1) is 28.9. The van der Waals surface area contributed by atoms with E-state index in [4.69, 9.17) is 0 Å². The summed E-state index contributed by atoms with van der Waals surface area (Å²) in [5.74, 6) is 0. The monoisotopic (exact) mass is 663 g/mol. The molecule has 0 N–H and O–H groups in total. The van der Waals surface area contributed by atoms with Crippen LogP contribution in [0.5, 0.6) is 0 Å². The molecule has 3 aromatic heterocycles. The number of fused-ring (bicyclic) bond motifs is 9. The summed E-state index contributed by atoms with van der Waals surface area (Å²) in [5, 5.41) is 7.54. The lowest BCUT2D eigenvalue weighted by Gasteiger charge is -2.18. The van der Waals surface area contributed by atoms with Gasteiger partial charge in [-0.3, -0.25) is 0 Å². The highest BCUT2D eigenvalue weighted by Gasteiger charge is 2.21. The Balaban J connectivity index is 1.17. The summed E-state index contributed by atoms with van der Waals surface area (Å²) in [6.45, 7) is 2.18. The maximum Gasteiger partial charge on any atom is 0.0543 e. The first-order chi connectivity index (χ1) is 25.7. The summed E-state index contributed by atoms with van der Waals surface area (Å²) in [6, 6.07) is 66.6. The molecule has 0 atom stereocenters. The van der Waals surface area contributed by atoms with Crippen molar-refractivity contribution in [1.82, 2.24) is 13.7 Å². The standard InChI is InChI=1S/C49H33N3/c1-32-26-28-40-38-18-6-12-24-46(38)52(49(40)30-32)45-23-11-5-17-37(45)36-16-4-10-22-44(36)51-47-25-13-7-19-39(47)41-31-33(27-29-48(41)51)50-42-20-8-2-14-34(42)35-15-3-9-21-43(35)50/h2-31H,1H3. The van der Waals surface area contributed by atoms with Gasteiger partial charge in [0.1, 0.15) is 0 Å². The highest BCUT2D eigenvalue weighted by molar-refractivity contribution is 6.13. The zero-order valence-corrected chi connectivity index (χ0v) is 28.7. The fraction of sp³-hybridized carbons (Fsp3) is 0.0204. The van der Waals surface area contributed by atoms with E-state index < -0.39 is 0 Å². The predicted octanol–water partition coefficient (Wildman–Crippen LogP) is 13.0. The fourth-order valence-electron chi connectivity index (χ4n) is 8.69. The van der Waals surface area contributed by atoms with Crippen LogP contribution in [0.4, 0.5) is 0 Å². The summed E-state index contributed by atoms with van der Waals surface area (Å²) in [5.41, 5.74) is 14.3. The molecule has 8 aromatic carbocycles. The minimum Gasteiger partial charge on any atom is -0.309 e. The zero-order chi connectivity index (χ0) is 34.3. The lowest BCUT2D eigenvalue weighted by atomic mass is 10.0. The lowest BCUT2D eigenvalue weighted by Crippen LogP contribution is -2.01. The van der Waals surface area contributed by atoms with Crippen LogP contribution in [0.1, 0.15) is 5.56 Å². The molecule has 0 aliphatic heterocycles. The minimum atomic E-state index is 1.16. The first-order valence-corrected chi connectivity index (χ1v) is 18.0. The van der Waals surface area contributed by atoms with Crippen molar-refractivity contribution in [2.24, 2.45) is 0 Å². The second kappa shape index (κ2) is 11.1. The molecule has 0 saturated carbocycles. The van der Waals surface area contributed by atoms with Crippen LogP contribution in [0.15, 0.2) is 182 Å². The van der Waals surface area contributed by atoms with E-state index in [1.807, 2.05) is 0 Å². The molecule has 11 aromatic rings. The molecule has 52 heavy (non-hydrogen) atoms. The van der Waals surface area contributed by atoms with E-state index in [9.17, 15) is 0 Å².